The van der Waals surface area contributed by atoms with Gasteiger partial charge < -0.3 is 11.1 Å². The van der Waals surface area contributed by atoms with Crippen molar-refractivity contribution >= 4 is 11.7 Å². The summed E-state index contributed by atoms with van der Waals surface area (Å²) in [6.45, 7) is 0.700. The molecule has 0 fully saturated rings. The molecule has 1 aromatic rings. The lowest BCUT2D eigenvalue weighted by Gasteiger charge is -2.03. The number of hydrogen-bond donors (Lipinski definition) is 2. The summed E-state index contributed by atoms with van der Waals surface area (Å²) in [5, 5.41) is 3.02. The van der Waals surface area contributed by atoms with Crippen LogP contribution < -0.4 is 11.1 Å². The van der Waals surface area contributed by atoms with Gasteiger partial charge in [-0.25, -0.2) is 9.37 Å². The second kappa shape index (κ2) is 5.95. The Morgan fingerprint density at radius 3 is 2.87 bits per heavy atom. The molecule has 0 aliphatic heterocycles. The molecule has 82 valence electrons. The van der Waals surface area contributed by atoms with Crippen LogP contribution in [0.15, 0.2) is 18.3 Å². The predicted molar refractivity (Wildman–Crippen MR) is 55.7 cm³/mol. The molecular formula is C10H14FN3O. The molecule has 0 radical (unpaired) electrons. The molecule has 5 heteroatoms. The fourth-order valence-corrected chi connectivity index (χ4v) is 1.12. The van der Waals surface area contributed by atoms with Gasteiger partial charge in [-0.05, 0) is 25.0 Å². The summed E-state index contributed by atoms with van der Waals surface area (Å²) in [4.78, 5) is 14.3. The Morgan fingerprint density at radius 1 is 1.47 bits per heavy atom. The first-order valence-corrected chi connectivity index (χ1v) is 4.82. The lowest BCUT2D eigenvalue weighted by atomic mass is 10.2. The molecule has 1 aromatic heterocycles. The highest BCUT2D eigenvalue weighted by Gasteiger charge is 1.96. The van der Waals surface area contributed by atoms with E-state index in [1.54, 1.807) is 6.07 Å². The monoisotopic (exact) mass is 211 g/mol. The normalized spacial score (nSPS) is 9.93. The van der Waals surface area contributed by atoms with Gasteiger partial charge in [0.2, 0.25) is 5.91 Å². The molecule has 0 saturated heterocycles. The molecule has 0 atom stereocenters. The van der Waals surface area contributed by atoms with E-state index in [-0.39, 0.29) is 11.7 Å². The van der Waals surface area contributed by atoms with Gasteiger partial charge in [0.15, 0.2) is 0 Å². The Balaban J connectivity index is 2.15. The molecule has 1 amide bonds. The molecule has 1 rings (SSSR count). The van der Waals surface area contributed by atoms with Gasteiger partial charge in [0, 0.05) is 13.0 Å². The molecule has 0 saturated carbocycles. The second-order valence-corrected chi connectivity index (χ2v) is 3.21. The number of carbonyl (C=O) groups excluding carboxylic acids is 1. The van der Waals surface area contributed by atoms with Crippen LogP contribution in [0.5, 0.6) is 0 Å². The largest absolute Gasteiger partial charge is 0.370 e. The Hall–Kier alpha value is -1.65. The van der Waals surface area contributed by atoms with Crippen LogP contribution in [0, 0.1) is 5.82 Å². The van der Waals surface area contributed by atoms with Gasteiger partial charge in [-0.2, -0.15) is 0 Å². The van der Waals surface area contributed by atoms with E-state index in [0.29, 0.717) is 18.8 Å². The van der Waals surface area contributed by atoms with Crippen molar-refractivity contribution in [2.75, 3.05) is 11.9 Å². The number of nitrogens with one attached hydrogen (secondary N) is 1. The fourth-order valence-electron chi connectivity index (χ4n) is 1.12. The average Bonchev–Trinajstić information content (AvgIpc) is 2.20. The molecule has 0 unspecified atom stereocenters. The summed E-state index contributed by atoms with van der Waals surface area (Å²) in [5.74, 6) is -0.000314. The summed E-state index contributed by atoms with van der Waals surface area (Å²) >= 11 is 0. The van der Waals surface area contributed by atoms with Gasteiger partial charge in [-0.15, -0.1) is 0 Å². The number of halogens is 1. The van der Waals surface area contributed by atoms with Crippen LogP contribution in [0.2, 0.25) is 0 Å². The number of carbonyl (C=O) groups is 1. The molecule has 15 heavy (non-hydrogen) atoms. The Bertz CT molecular complexity index is 313. The lowest BCUT2D eigenvalue weighted by molar-refractivity contribution is -0.118. The van der Waals surface area contributed by atoms with E-state index in [1.807, 2.05) is 0 Å². The first-order valence-electron chi connectivity index (χ1n) is 4.82. The summed E-state index contributed by atoms with van der Waals surface area (Å²) in [7, 11) is 0. The van der Waals surface area contributed by atoms with Crippen LogP contribution in [0.1, 0.15) is 19.3 Å². The zero-order valence-corrected chi connectivity index (χ0v) is 8.37. The van der Waals surface area contributed by atoms with E-state index in [9.17, 15) is 9.18 Å². The number of hydrogen-bond acceptors (Lipinski definition) is 3. The van der Waals surface area contributed by atoms with Crippen molar-refractivity contribution in [1.82, 2.24) is 4.98 Å². The van der Waals surface area contributed by atoms with Crippen molar-refractivity contribution in [2.24, 2.45) is 5.73 Å². The maximum atomic E-state index is 12.5. The van der Waals surface area contributed by atoms with E-state index in [4.69, 9.17) is 5.73 Å². The first kappa shape index (κ1) is 11.4. The second-order valence-electron chi connectivity index (χ2n) is 3.21. The third kappa shape index (κ3) is 4.95. The number of pyridine rings is 1. The molecule has 0 aromatic carbocycles. The molecular weight excluding hydrogens is 197 g/mol. The van der Waals surface area contributed by atoms with Crippen molar-refractivity contribution < 1.29 is 9.18 Å². The van der Waals surface area contributed by atoms with Crippen LogP contribution >= 0.6 is 0 Å². The number of primary amides is 1. The van der Waals surface area contributed by atoms with Crippen molar-refractivity contribution in [3.63, 3.8) is 0 Å². The van der Waals surface area contributed by atoms with Crippen LogP contribution in [0.25, 0.3) is 0 Å². The standard InChI is InChI=1S/C10H14FN3O/c11-8-4-5-10(14-7-8)13-6-2-1-3-9(12)15/h4-5,7H,1-3,6H2,(H2,12,15)(H,13,14). The number of anilines is 1. The van der Waals surface area contributed by atoms with Crippen LogP contribution in [0.4, 0.5) is 10.2 Å². The predicted octanol–water partition coefficient (Wildman–Crippen LogP) is 1.29. The smallest absolute Gasteiger partial charge is 0.217 e. The van der Waals surface area contributed by atoms with Gasteiger partial charge in [0.1, 0.15) is 11.6 Å². The number of amides is 1. The highest BCUT2D eigenvalue weighted by Crippen LogP contribution is 2.04. The Labute approximate surface area is 87.7 Å². The third-order valence-electron chi connectivity index (χ3n) is 1.88. The highest BCUT2D eigenvalue weighted by atomic mass is 19.1. The van der Waals surface area contributed by atoms with E-state index in [2.05, 4.69) is 10.3 Å². The van der Waals surface area contributed by atoms with E-state index in [0.717, 1.165) is 19.0 Å². The molecule has 3 N–H and O–H groups in total. The summed E-state index contributed by atoms with van der Waals surface area (Å²) < 4.78 is 12.5. The number of aromatic nitrogens is 1. The van der Waals surface area contributed by atoms with Gasteiger partial charge in [-0.3, -0.25) is 4.79 Å². The summed E-state index contributed by atoms with van der Waals surface area (Å²) in [6.07, 6.45) is 3.15. The minimum Gasteiger partial charge on any atom is -0.370 e. The molecule has 0 bridgehead atoms. The third-order valence-corrected chi connectivity index (χ3v) is 1.88. The lowest BCUT2D eigenvalue weighted by Crippen LogP contribution is -2.11. The van der Waals surface area contributed by atoms with Crippen molar-refractivity contribution in [3.8, 4) is 0 Å². The quantitative estimate of drug-likeness (QED) is 0.696. The molecule has 0 aliphatic carbocycles. The number of nitrogens with two attached hydrogens (primary N) is 1. The van der Waals surface area contributed by atoms with Crippen LogP contribution in [-0.4, -0.2) is 17.4 Å². The van der Waals surface area contributed by atoms with E-state index in [1.165, 1.54) is 6.07 Å². The topological polar surface area (TPSA) is 68.0 Å². The highest BCUT2D eigenvalue weighted by molar-refractivity contribution is 5.73. The van der Waals surface area contributed by atoms with Gasteiger partial charge in [0.25, 0.3) is 0 Å². The SMILES string of the molecule is NC(=O)CCCCNc1ccc(F)cn1. The molecule has 1 heterocycles. The van der Waals surface area contributed by atoms with Crippen molar-refractivity contribution in [3.05, 3.63) is 24.1 Å². The number of unbranched alkanes of at least 4 members (excludes halogenated alkanes) is 1. The minimum atomic E-state index is -0.353. The number of nitrogens with zero attached hydrogens (tertiary/aromatic N) is 1. The van der Waals surface area contributed by atoms with Crippen LogP contribution in [0.3, 0.4) is 0 Å². The number of rotatable bonds is 6. The van der Waals surface area contributed by atoms with Gasteiger partial charge in [-0.1, -0.05) is 0 Å². The van der Waals surface area contributed by atoms with Crippen LogP contribution in [-0.2, 0) is 4.79 Å². The molecule has 0 spiro atoms. The zero-order chi connectivity index (χ0) is 11.1. The van der Waals surface area contributed by atoms with Gasteiger partial charge >= 0.3 is 0 Å². The van der Waals surface area contributed by atoms with Gasteiger partial charge in [0.05, 0.1) is 6.20 Å². The van der Waals surface area contributed by atoms with Crippen molar-refractivity contribution in [1.29, 1.82) is 0 Å². The maximum Gasteiger partial charge on any atom is 0.217 e. The Morgan fingerprint density at radius 2 is 2.27 bits per heavy atom. The van der Waals surface area contributed by atoms with E-state index >= 15 is 0 Å². The van der Waals surface area contributed by atoms with Crippen molar-refractivity contribution in [2.45, 2.75) is 19.3 Å². The fraction of sp³-hybridized carbons (Fsp3) is 0.400. The molecule has 4 nitrogen and oxygen atoms in total. The van der Waals surface area contributed by atoms with E-state index < -0.39 is 0 Å². The maximum absolute atomic E-state index is 12.5. The summed E-state index contributed by atoms with van der Waals surface area (Å²) in [5.41, 5.74) is 4.99. The Kier molecular flexibility index (Phi) is 4.53. The zero-order valence-electron chi connectivity index (χ0n) is 8.37. The summed E-state index contributed by atoms with van der Waals surface area (Å²) in [6, 6.07) is 2.92. The average molecular weight is 211 g/mol. The molecule has 0 aliphatic rings. The minimum absolute atomic E-state index is 0.282. The first-order chi connectivity index (χ1) is 7.18.